The summed E-state index contributed by atoms with van der Waals surface area (Å²) in [6.45, 7) is 5.01. The Bertz CT molecular complexity index is 703. The minimum atomic E-state index is -0.349. The van der Waals surface area contributed by atoms with E-state index in [4.69, 9.17) is 4.74 Å². The highest BCUT2D eigenvalue weighted by molar-refractivity contribution is 5.56. The van der Waals surface area contributed by atoms with Crippen LogP contribution in [0.25, 0.3) is 11.4 Å². The molecular formula is C26H39FN2O. The van der Waals surface area contributed by atoms with Gasteiger partial charge in [0.25, 0.3) is 0 Å². The Labute approximate surface area is 182 Å². The molecular weight excluding hydrogens is 375 g/mol. The molecule has 0 N–H and O–H groups in total. The molecule has 0 aliphatic rings. The van der Waals surface area contributed by atoms with E-state index in [9.17, 15) is 4.39 Å². The summed E-state index contributed by atoms with van der Waals surface area (Å²) >= 11 is 0. The second kappa shape index (κ2) is 14.9. The van der Waals surface area contributed by atoms with Crippen LogP contribution in [0.2, 0.25) is 0 Å². The third-order valence-electron chi connectivity index (χ3n) is 5.47. The van der Waals surface area contributed by atoms with Crippen LogP contribution in [0.1, 0.15) is 96.5 Å². The lowest BCUT2D eigenvalue weighted by molar-refractivity contribution is 0.290. The van der Waals surface area contributed by atoms with E-state index in [-0.39, 0.29) is 5.82 Å². The Kier molecular flexibility index (Phi) is 12.1. The molecule has 30 heavy (non-hydrogen) atoms. The second-order valence-corrected chi connectivity index (χ2v) is 8.19. The lowest BCUT2D eigenvalue weighted by Crippen LogP contribution is -2.00. The highest BCUT2D eigenvalue weighted by Gasteiger charge is 2.08. The monoisotopic (exact) mass is 414 g/mol. The van der Waals surface area contributed by atoms with Crippen LogP contribution in [0.5, 0.6) is 5.75 Å². The number of benzene rings is 1. The fourth-order valence-electron chi connectivity index (χ4n) is 3.56. The molecule has 0 saturated heterocycles. The van der Waals surface area contributed by atoms with Crippen molar-refractivity contribution in [3.63, 3.8) is 0 Å². The van der Waals surface area contributed by atoms with Gasteiger partial charge in [-0.3, -0.25) is 0 Å². The zero-order valence-electron chi connectivity index (χ0n) is 19.0. The number of nitrogens with zero attached hydrogens (tertiary/aromatic N) is 2. The van der Waals surface area contributed by atoms with E-state index in [0.717, 1.165) is 24.8 Å². The van der Waals surface area contributed by atoms with Gasteiger partial charge in [-0.1, -0.05) is 78.1 Å². The van der Waals surface area contributed by atoms with E-state index in [1.54, 1.807) is 6.07 Å². The van der Waals surface area contributed by atoms with Gasteiger partial charge in [-0.15, -0.1) is 0 Å². The van der Waals surface area contributed by atoms with Gasteiger partial charge >= 0.3 is 0 Å². The molecule has 0 saturated carbocycles. The molecule has 0 spiro atoms. The smallest absolute Gasteiger partial charge is 0.165 e. The average Bonchev–Trinajstić information content (AvgIpc) is 2.77. The molecule has 1 aromatic carbocycles. The maximum Gasteiger partial charge on any atom is 0.165 e. The van der Waals surface area contributed by atoms with Gasteiger partial charge in [0.15, 0.2) is 17.4 Å². The Morgan fingerprint density at radius 3 is 2.00 bits per heavy atom. The van der Waals surface area contributed by atoms with Crippen molar-refractivity contribution in [1.82, 2.24) is 9.97 Å². The molecule has 0 aliphatic carbocycles. The molecule has 0 atom stereocenters. The average molecular weight is 415 g/mol. The van der Waals surface area contributed by atoms with Crippen LogP contribution in [-0.2, 0) is 6.42 Å². The van der Waals surface area contributed by atoms with E-state index < -0.39 is 0 Å². The van der Waals surface area contributed by atoms with Crippen molar-refractivity contribution in [2.24, 2.45) is 0 Å². The number of hydrogen-bond acceptors (Lipinski definition) is 3. The maximum atomic E-state index is 14.4. The fourth-order valence-corrected chi connectivity index (χ4v) is 3.56. The number of unbranched alkanes of at least 4 members (excludes halogenated alkanes) is 10. The first kappa shape index (κ1) is 24.3. The van der Waals surface area contributed by atoms with Crippen LogP contribution in [0.15, 0.2) is 30.6 Å². The topological polar surface area (TPSA) is 35.0 Å². The van der Waals surface area contributed by atoms with Crippen LogP contribution >= 0.6 is 0 Å². The summed E-state index contributed by atoms with van der Waals surface area (Å²) in [5, 5.41) is 0. The van der Waals surface area contributed by atoms with Gasteiger partial charge in [0, 0.05) is 18.0 Å². The Morgan fingerprint density at radius 1 is 0.767 bits per heavy atom. The van der Waals surface area contributed by atoms with Crippen LogP contribution < -0.4 is 4.74 Å². The van der Waals surface area contributed by atoms with Gasteiger partial charge in [0.2, 0.25) is 0 Å². The Hall–Kier alpha value is -1.97. The number of hydrogen-bond donors (Lipinski definition) is 0. The first-order chi connectivity index (χ1) is 14.7. The Balaban J connectivity index is 1.75. The van der Waals surface area contributed by atoms with E-state index >= 15 is 0 Å². The van der Waals surface area contributed by atoms with E-state index in [0.29, 0.717) is 23.7 Å². The molecule has 0 radical (unpaired) electrons. The first-order valence-corrected chi connectivity index (χ1v) is 12.0. The summed E-state index contributed by atoms with van der Waals surface area (Å²) in [5.41, 5.74) is 1.83. The lowest BCUT2D eigenvalue weighted by atomic mass is 10.1. The van der Waals surface area contributed by atoms with Gasteiger partial charge in [0.05, 0.1) is 6.61 Å². The van der Waals surface area contributed by atoms with Crippen molar-refractivity contribution in [2.75, 3.05) is 6.61 Å². The van der Waals surface area contributed by atoms with Gasteiger partial charge in [-0.2, -0.15) is 0 Å². The number of halogens is 1. The third kappa shape index (κ3) is 9.23. The normalized spacial score (nSPS) is 11.0. The predicted octanol–water partition coefficient (Wildman–Crippen LogP) is 7.93. The molecule has 0 amide bonds. The highest BCUT2D eigenvalue weighted by Crippen LogP contribution is 2.24. The summed E-state index contributed by atoms with van der Waals surface area (Å²) in [7, 11) is 0. The summed E-state index contributed by atoms with van der Waals surface area (Å²) in [5.74, 6) is 0.522. The van der Waals surface area contributed by atoms with Crippen molar-refractivity contribution >= 4 is 0 Å². The summed E-state index contributed by atoms with van der Waals surface area (Å²) in [6, 6.07) is 5.00. The molecule has 1 aromatic heterocycles. The SMILES string of the molecule is CCCCCCCCOc1ccc(-c2ncc(CCCCCCCC)cn2)cc1F. The molecule has 3 nitrogen and oxygen atoms in total. The third-order valence-corrected chi connectivity index (χ3v) is 5.47. The minimum absolute atomic E-state index is 0.312. The maximum absolute atomic E-state index is 14.4. The minimum Gasteiger partial charge on any atom is -0.491 e. The van der Waals surface area contributed by atoms with Crippen LogP contribution in [0.3, 0.4) is 0 Å². The molecule has 166 valence electrons. The van der Waals surface area contributed by atoms with Crippen molar-refractivity contribution < 1.29 is 9.13 Å². The molecule has 2 rings (SSSR count). The van der Waals surface area contributed by atoms with Crippen molar-refractivity contribution in [1.29, 1.82) is 0 Å². The summed E-state index contributed by atoms with van der Waals surface area (Å²) in [4.78, 5) is 8.88. The summed E-state index contributed by atoms with van der Waals surface area (Å²) < 4.78 is 20.0. The largest absolute Gasteiger partial charge is 0.491 e. The Morgan fingerprint density at radius 2 is 1.37 bits per heavy atom. The molecule has 1 heterocycles. The van der Waals surface area contributed by atoms with E-state index in [1.807, 2.05) is 18.5 Å². The molecule has 0 fully saturated rings. The van der Waals surface area contributed by atoms with Crippen LogP contribution in [0, 0.1) is 5.82 Å². The zero-order chi connectivity index (χ0) is 21.4. The van der Waals surface area contributed by atoms with Gasteiger partial charge in [-0.25, -0.2) is 14.4 Å². The quantitative estimate of drug-likeness (QED) is 0.262. The van der Waals surface area contributed by atoms with Crippen molar-refractivity contribution in [2.45, 2.75) is 97.3 Å². The van der Waals surface area contributed by atoms with Crippen molar-refractivity contribution in [3.8, 4) is 17.1 Å². The molecule has 0 aliphatic heterocycles. The number of ether oxygens (including phenoxy) is 1. The standard InChI is InChI=1S/C26H39FN2O/c1-3-5-7-9-11-13-15-22-20-28-26(29-21-22)23-16-17-25(24(27)19-23)30-18-14-12-10-8-6-4-2/h16-17,19-21H,3-15,18H2,1-2H3. The molecule has 0 unspecified atom stereocenters. The summed E-state index contributed by atoms with van der Waals surface area (Å²) in [6.07, 6.45) is 19.6. The lowest BCUT2D eigenvalue weighted by Gasteiger charge is -2.09. The van der Waals surface area contributed by atoms with Crippen LogP contribution in [-0.4, -0.2) is 16.6 Å². The van der Waals surface area contributed by atoms with Gasteiger partial charge < -0.3 is 4.74 Å². The number of rotatable bonds is 16. The number of aryl methyl sites for hydroxylation is 1. The van der Waals surface area contributed by atoms with Crippen molar-refractivity contribution in [3.05, 3.63) is 42.0 Å². The van der Waals surface area contributed by atoms with Crippen LogP contribution in [0.4, 0.5) is 4.39 Å². The van der Waals surface area contributed by atoms with Gasteiger partial charge in [-0.05, 0) is 43.0 Å². The highest BCUT2D eigenvalue weighted by atomic mass is 19.1. The molecule has 4 heteroatoms. The van der Waals surface area contributed by atoms with E-state index in [1.165, 1.54) is 70.3 Å². The fraction of sp³-hybridized carbons (Fsp3) is 0.615. The predicted molar refractivity (Wildman–Crippen MR) is 123 cm³/mol. The van der Waals surface area contributed by atoms with Gasteiger partial charge in [0.1, 0.15) is 0 Å². The molecule has 2 aromatic rings. The zero-order valence-corrected chi connectivity index (χ0v) is 19.0. The second-order valence-electron chi connectivity index (χ2n) is 8.19. The number of aromatic nitrogens is 2. The van der Waals surface area contributed by atoms with E-state index in [2.05, 4.69) is 23.8 Å². The molecule has 0 bridgehead atoms. The first-order valence-electron chi connectivity index (χ1n) is 12.0.